The normalized spacial score (nSPS) is 29.0. The number of hydrogen-bond donors (Lipinski definition) is 1. The fourth-order valence-electron chi connectivity index (χ4n) is 2.27. The van der Waals surface area contributed by atoms with Gasteiger partial charge in [0.25, 0.3) is 0 Å². The Labute approximate surface area is 116 Å². The van der Waals surface area contributed by atoms with Crippen molar-refractivity contribution in [3.8, 4) is 0 Å². The van der Waals surface area contributed by atoms with E-state index in [1.54, 1.807) is 20.8 Å². The first-order valence-corrected chi connectivity index (χ1v) is 6.64. The summed E-state index contributed by atoms with van der Waals surface area (Å²) < 4.78 is 44.1. The zero-order chi connectivity index (χ0) is 15.8. The highest BCUT2D eigenvalue weighted by Gasteiger charge is 2.57. The van der Waals surface area contributed by atoms with E-state index in [9.17, 15) is 23.1 Å². The lowest BCUT2D eigenvalue weighted by Crippen LogP contribution is -2.52. The number of alkyl halides is 3. The maximum absolute atomic E-state index is 13.0. The SMILES string of the molecule is C[C@@H]1CN(C(=O)OC(C)(C)C)CCC[C@]1(O)C(F)(F)F. The van der Waals surface area contributed by atoms with Crippen LogP contribution in [-0.4, -0.2) is 46.6 Å². The lowest BCUT2D eigenvalue weighted by Gasteiger charge is -2.35. The molecule has 1 aliphatic rings. The van der Waals surface area contributed by atoms with Gasteiger partial charge in [0.15, 0.2) is 5.60 Å². The van der Waals surface area contributed by atoms with Crippen molar-refractivity contribution in [2.75, 3.05) is 13.1 Å². The number of rotatable bonds is 0. The van der Waals surface area contributed by atoms with Crippen molar-refractivity contribution in [3.05, 3.63) is 0 Å². The standard InChI is InChI=1S/C13H22F3NO3/c1-9-8-17(10(18)20-11(2,3)4)7-5-6-12(9,19)13(14,15)16/h9,19H,5-8H2,1-4H3/t9-,12-/m1/s1. The molecule has 4 nitrogen and oxygen atoms in total. The van der Waals surface area contributed by atoms with Crippen LogP contribution in [0.3, 0.4) is 0 Å². The van der Waals surface area contributed by atoms with Crippen molar-refractivity contribution in [2.45, 2.75) is 57.9 Å². The first-order chi connectivity index (χ1) is 8.87. The monoisotopic (exact) mass is 297 g/mol. The smallest absolute Gasteiger partial charge is 0.417 e. The summed E-state index contributed by atoms with van der Waals surface area (Å²) in [6.45, 7) is 6.35. The van der Waals surface area contributed by atoms with Gasteiger partial charge in [-0.05, 0) is 33.6 Å². The number of nitrogens with zero attached hydrogens (tertiary/aromatic N) is 1. The van der Waals surface area contributed by atoms with Gasteiger partial charge >= 0.3 is 12.3 Å². The van der Waals surface area contributed by atoms with Gasteiger partial charge in [0, 0.05) is 19.0 Å². The molecule has 1 N–H and O–H groups in total. The molecule has 118 valence electrons. The first kappa shape index (κ1) is 17.1. The Hall–Kier alpha value is -0.980. The van der Waals surface area contributed by atoms with Gasteiger partial charge in [0.2, 0.25) is 0 Å². The molecule has 0 aromatic carbocycles. The van der Waals surface area contributed by atoms with E-state index in [1.807, 2.05) is 0 Å². The van der Waals surface area contributed by atoms with Crippen LogP contribution in [0.25, 0.3) is 0 Å². The van der Waals surface area contributed by atoms with E-state index >= 15 is 0 Å². The summed E-state index contributed by atoms with van der Waals surface area (Å²) in [5, 5.41) is 9.88. The van der Waals surface area contributed by atoms with Crippen LogP contribution >= 0.6 is 0 Å². The summed E-state index contributed by atoms with van der Waals surface area (Å²) in [4.78, 5) is 13.1. The summed E-state index contributed by atoms with van der Waals surface area (Å²) in [6.07, 6.45) is -5.66. The minimum absolute atomic E-state index is 0.0829. The van der Waals surface area contributed by atoms with Gasteiger partial charge < -0.3 is 14.7 Å². The van der Waals surface area contributed by atoms with Gasteiger partial charge in [-0.15, -0.1) is 0 Å². The lowest BCUT2D eigenvalue weighted by molar-refractivity contribution is -0.278. The van der Waals surface area contributed by atoms with E-state index in [2.05, 4.69) is 0 Å². The minimum Gasteiger partial charge on any atom is -0.444 e. The van der Waals surface area contributed by atoms with E-state index < -0.39 is 35.8 Å². The largest absolute Gasteiger partial charge is 0.444 e. The van der Waals surface area contributed by atoms with Crippen molar-refractivity contribution in [1.29, 1.82) is 0 Å². The summed E-state index contributed by atoms with van der Waals surface area (Å²) in [5.74, 6) is -1.10. The molecule has 1 rings (SSSR count). The molecule has 0 aliphatic carbocycles. The quantitative estimate of drug-likeness (QED) is 0.748. The fraction of sp³-hybridized carbons (Fsp3) is 0.923. The Balaban J connectivity index is 2.82. The van der Waals surface area contributed by atoms with Gasteiger partial charge in [0.1, 0.15) is 5.60 Å². The number of likely N-dealkylation sites (tertiary alicyclic amines) is 1. The summed E-state index contributed by atoms with van der Waals surface area (Å²) in [6, 6.07) is 0. The maximum Gasteiger partial charge on any atom is 0.417 e. The van der Waals surface area contributed by atoms with Crippen molar-refractivity contribution < 1.29 is 27.8 Å². The van der Waals surface area contributed by atoms with Crippen LogP contribution in [0.15, 0.2) is 0 Å². The average Bonchev–Trinajstić information content (AvgIpc) is 2.36. The molecule has 2 atom stereocenters. The zero-order valence-electron chi connectivity index (χ0n) is 12.3. The Morgan fingerprint density at radius 3 is 2.35 bits per heavy atom. The van der Waals surface area contributed by atoms with Crippen LogP contribution in [-0.2, 0) is 4.74 Å². The third-order valence-electron chi connectivity index (χ3n) is 3.44. The molecule has 1 amide bonds. The summed E-state index contributed by atoms with van der Waals surface area (Å²) >= 11 is 0. The van der Waals surface area contributed by atoms with E-state index in [0.717, 1.165) is 0 Å². The van der Waals surface area contributed by atoms with Crippen molar-refractivity contribution in [2.24, 2.45) is 5.92 Å². The number of aliphatic hydroxyl groups is 1. The van der Waals surface area contributed by atoms with Crippen LogP contribution < -0.4 is 0 Å². The van der Waals surface area contributed by atoms with Gasteiger partial charge in [-0.25, -0.2) is 4.79 Å². The van der Waals surface area contributed by atoms with Gasteiger partial charge in [-0.2, -0.15) is 13.2 Å². The van der Waals surface area contributed by atoms with E-state index in [0.29, 0.717) is 0 Å². The third kappa shape index (κ3) is 3.77. The number of carbonyl (C=O) groups is 1. The topological polar surface area (TPSA) is 49.8 Å². The molecular weight excluding hydrogens is 275 g/mol. The molecule has 1 aliphatic heterocycles. The Morgan fingerprint density at radius 2 is 1.90 bits per heavy atom. The summed E-state index contributed by atoms with van der Waals surface area (Å²) in [7, 11) is 0. The number of amides is 1. The minimum atomic E-state index is -4.70. The molecule has 0 saturated carbocycles. The number of carbonyl (C=O) groups excluding carboxylic acids is 1. The van der Waals surface area contributed by atoms with Crippen molar-refractivity contribution in [1.82, 2.24) is 4.90 Å². The second-order valence-corrected chi connectivity index (χ2v) is 6.35. The predicted octanol–water partition coefficient (Wildman–Crippen LogP) is 2.95. The molecule has 20 heavy (non-hydrogen) atoms. The molecule has 0 aromatic heterocycles. The van der Waals surface area contributed by atoms with Crippen LogP contribution in [0.2, 0.25) is 0 Å². The summed E-state index contributed by atoms with van der Waals surface area (Å²) in [5.41, 5.74) is -3.45. The number of halogens is 3. The highest BCUT2D eigenvalue weighted by molar-refractivity contribution is 5.68. The van der Waals surface area contributed by atoms with Crippen LogP contribution in [0.1, 0.15) is 40.5 Å². The molecule has 0 spiro atoms. The molecule has 1 saturated heterocycles. The Morgan fingerprint density at radius 1 is 1.35 bits per heavy atom. The van der Waals surface area contributed by atoms with Crippen molar-refractivity contribution >= 4 is 6.09 Å². The molecule has 1 heterocycles. The molecule has 0 bridgehead atoms. The van der Waals surface area contributed by atoms with Crippen LogP contribution in [0, 0.1) is 5.92 Å². The average molecular weight is 297 g/mol. The van der Waals surface area contributed by atoms with Gasteiger partial charge in [0.05, 0.1) is 0 Å². The molecule has 7 heteroatoms. The van der Waals surface area contributed by atoms with Crippen LogP contribution in [0.5, 0.6) is 0 Å². The number of ether oxygens (including phenoxy) is 1. The Kier molecular flexibility index (Phi) is 4.63. The molecule has 0 unspecified atom stereocenters. The van der Waals surface area contributed by atoms with Gasteiger partial charge in [-0.1, -0.05) is 6.92 Å². The first-order valence-electron chi connectivity index (χ1n) is 6.64. The molecular formula is C13H22F3NO3. The second-order valence-electron chi connectivity index (χ2n) is 6.35. The number of hydrogen-bond acceptors (Lipinski definition) is 3. The maximum atomic E-state index is 13.0. The highest BCUT2D eigenvalue weighted by atomic mass is 19.4. The lowest BCUT2D eigenvalue weighted by atomic mass is 9.85. The van der Waals surface area contributed by atoms with E-state index in [-0.39, 0.29) is 19.5 Å². The van der Waals surface area contributed by atoms with Crippen molar-refractivity contribution in [3.63, 3.8) is 0 Å². The van der Waals surface area contributed by atoms with Crippen LogP contribution in [0.4, 0.5) is 18.0 Å². The third-order valence-corrected chi connectivity index (χ3v) is 3.44. The highest BCUT2D eigenvalue weighted by Crippen LogP contribution is 2.41. The Bertz CT molecular complexity index is 365. The molecule has 0 radical (unpaired) electrons. The van der Waals surface area contributed by atoms with E-state index in [4.69, 9.17) is 4.74 Å². The predicted molar refractivity (Wildman–Crippen MR) is 67.2 cm³/mol. The molecule has 0 aromatic rings. The second kappa shape index (κ2) is 5.42. The molecule has 1 fully saturated rings. The van der Waals surface area contributed by atoms with Gasteiger partial charge in [-0.3, -0.25) is 0 Å². The zero-order valence-corrected chi connectivity index (χ0v) is 12.3. The fourth-order valence-corrected chi connectivity index (χ4v) is 2.27. The van der Waals surface area contributed by atoms with E-state index in [1.165, 1.54) is 11.8 Å².